The van der Waals surface area contributed by atoms with Crippen molar-refractivity contribution in [3.05, 3.63) is 0 Å². The zero-order valence-corrected chi connectivity index (χ0v) is 7.62. The van der Waals surface area contributed by atoms with Gasteiger partial charge in [-0.2, -0.15) is 0 Å². The van der Waals surface area contributed by atoms with E-state index in [2.05, 4.69) is 0 Å². The van der Waals surface area contributed by atoms with Crippen LogP contribution in [0.15, 0.2) is 0 Å². The highest BCUT2D eigenvalue weighted by Crippen LogP contribution is 2.29. The van der Waals surface area contributed by atoms with E-state index in [0.29, 0.717) is 0 Å². The number of hydrogen-bond acceptors (Lipinski definition) is 6. The van der Waals surface area contributed by atoms with Crippen molar-refractivity contribution in [3.63, 3.8) is 0 Å². The second kappa shape index (κ2) is 3.47. The fraction of sp³-hybridized carbons (Fsp3) is 0.875. The maximum Gasteiger partial charge on any atom is 0.338 e. The predicted molar refractivity (Wildman–Crippen MR) is 42.2 cm³/mol. The lowest BCUT2D eigenvalue weighted by atomic mass is 10.1. The normalized spacial score (nSPS) is 47.4. The number of hydrogen-bond donors (Lipinski definition) is 2. The van der Waals surface area contributed by atoms with E-state index in [4.69, 9.17) is 19.3 Å². The molecule has 6 nitrogen and oxygen atoms in total. The van der Waals surface area contributed by atoms with E-state index in [-0.39, 0.29) is 6.61 Å². The van der Waals surface area contributed by atoms with Gasteiger partial charge in [0.15, 0.2) is 18.5 Å². The molecule has 2 saturated heterocycles. The highest BCUT2D eigenvalue weighted by molar-refractivity contribution is 5.78. The van der Waals surface area contributed by atoms with E-state index in [9.17, 15) is 9.90 Å². The molecule has 0 aromatic carbocycles. The van der Waals surface area contributed by atoms with Gasteiger partial charge in [-0.15, -0.1) is 0 Å². The molecule has 1 unspecified atom stereocenters. The van der Waals surface area contributed by atoms with Crippen molar-refractivity contribution in [3.8, 4) is 0 Å². The van der Waals surface area contributed by atoms with Gasteiger partial charge in [0.2, 0.25) is 0 Å². The third kappa shape index (κ3) is 1.40. The zero-order valence-electron chi connectivity index (χ0n) is 7.62. The third-order valence-corrected chi connectivity index (χ3v) is 2.39. The highest BCUT2D eigenvalue weighted by Gasteiger charge is 2.52. The van der Waals surface area contributed by atoms with Crippen LogP contribution in [0.1, 0.15) is 6.92 Å². The van der Waals surface area contributed by atoms with Crippen LogP contribution < -0.4 is 0 Å². The topological polar surface area (TPSA) is 85.2 Å². The van der Waals surface area contributed by atoms with Crippen molar-refractivity contribution in [1.29, 1.82) is 0 Å². The van der Waals surface area contributed by atoms with Crippen LogP contribution in [0.5, 0.6) is 0 Å². The molecule has 2 rings (SSSR count). The first-order valence-electron chi connectivity index (χ1n) is 4.44. The van der Waals surface area contributed by atoms with Crippen LogP contribution in [0, 0.1) is 0 Å². The molecule has 14 heavy (non-hydrogen) atoms. The van der Waals surface area contributed by atoms with Crippen LogP contribution in [0.3, 0.4) is 0 Å². The molecule has 2 N–H and O–H groups in total. The summed E-state index contributed by atoms with van der Waals surface area (Å²) in [6, 6.07) is 0. The fourth-order valence-electron chi connectivity index (χ4n) is 1.75. The fourth-order valence-corrected chi connectivity index (χ4v) is 1.75. The molecule has 0 aromatic rings. The van der Waals surface area contributed by atoms with Gasteiger partial charge in [-0.1, -0.05) is 0 Å². The molecule has 2 aliphatic rings. The second-order valence-corrected chi connectivity index (χ2v) is 3.37. The van der Waals surface area contributed by atoms with Crippen molar-refractivity contribution in [2.75, 3.05) is 6.61 Å². The Labute approximate surface area is 80.4 Å². The summed E-state index contributed by atoms with van der Waals surface area (Å²) in [5.74, 6) is -0.726. The average molecular weight is 204 g/mol. The summed E-state index contributed by atoms with van der Waals surface area (Å²) >= 11 is 0. The summed E-state index contributed by atoms with van der Waals surface area (Å²) < 4.78 is 15.2. The SMILES string of the molecule is CC1O[C@H]2[C@H](OC(=O)[C@H]2O)[C@H](CO)O1. The van der Waals surface area contributed by atoms with Crippen molar-refractivity contribution < 1.29 is 29.2 Å². The molecule has 2 fully saturated rings. The van der Waals surface area contributed by atoms with Gasteiger partial charge in [-0.05, 0) is 6.92 Å². The molecular formula is C8H12O6. The molecule has 0 radical (unpaired) electrons. The molecule has 2 heterocycles. The van der Waals surface area contributed by atoms with Gasteiger partial charge >= 0.3 is 5.97 Å². The van der Waals surface area contributed by atoms with Crippen LogP contribution in [0.25, 0.3) is 0 Å². The number of aliphatic hydroxyl groups is 2. The Kier molecular flexibility index (Phi) is 2.44. The van der Waals surface area contributed by atoms with Gasteiger partial charge in [0.25, 0.3) is 0 Å². The maximum absolute atomic E-state index is 11.0. The van der Waals surface area contributed by atoms with E-state index >= 15 is 0 Å². The van der Waals surface area contributed by atoms with Crippen LogP contribution >= 0.6 is 0 Å². The van der Waals surface area contributed by atoms with Crippen LogP contribution in [0.4, 0.5) is 0 Å². The average Bonchev–Trinajstić information content (AvgIpc) is 2.43. The van der Waals surface area contributed by atoms with E-state index in [1.165, 1.54) is 0 Å². The van der Waals surface area contributed by atoms with Gasteiger partial charge in [-0.25, -0.2) is 4.79 Å². The molecular weight excluding hydrogens is 192 g/mol. The molecule has 0 saturated carbocycles. The minimum Gasteiger partial charge on any atom is -0.455 e. The smallest absolute Gasteiger partial charge is 0.338 e. The van der Waals surface area contributed by atoms with Crippen molar-refractivity contribution >= 4 is 5.97 Å². The van der Waals surface area contributed by atoms with E-state index in [1.807, 2.05) is 0 Å². The Bertz CT molecular complexity index is 242. The first-order chi connectivity index (χ1) is 6.63. The quantitative estimate of drug-likeness (QED) is 0.500. The Morgan fingerprint density at radius 3 is 2.71 bits per heavy atom. The van der Waals surface area contributed by atoms with Crippen LogP contribution in [0.2, 0.25) is 0 Å². The molecule has 5 atom stereocenters. The summed E-state index contributed by atoms with van der Waals surface area (Å²) in [6.45, 7) is 1.36. The number of rotatable bonds is 1. The number of ether oxygens (including phenoxy) is 3. The molecule has 0 bridgehead atoms. The molecule has 0 aliphatic carbocycles. The molecule has 80 valence electrons. The summed E-state index contributed by atoms with van der Waals surface area (Å²) in [5, 5.41) is 18.4. The lowest BCUT2D eigenvalue weighted by Gasteiger charge is -2.35. The van der Waals surface area contributed by atoms with Gasteiger partial charge in [-0.3, -0.25) is 0 Å². The Morgan fingerprint density at radius 2 is 2.07 bits per heavy atom. The number of aliphatic hydroxyl groups excluding tert-OH is 2. The summed E-state index contributed by atoms with van der Waals surface area (Å²) in [5.41, 5.74) is 0. The third-order valence-electron chi connectivity index (χ3n) is 2.39. The Morgan fingerprint density at radius 1 is 1.36 bits per heavy atom. The monoisotopic (exact) mass is 204 g/mol. The largest absolute Gasteiger partial charge is 0.455 e. The maximum atomic E-state index is 11.0. The lowest BCUT2D eigenvalue weighted by Crippen LogP contribution is -2.51. The van der Waals surface area contributed by atoms with Gasteiger partial charge in [0.05, 0.1) is 6.61 Å². The highest BCUT2D eigenvalue weighted by atomic mass is 16.7. The molecule has 0 amide bonds. The predicted octanol–water partition coefficient (Wildman–Crippen LogP) is -1.61. The number of esters is 1. The van der Waals surface area contributed by atoms with E-state index in [1.54, 1.807) is 6.92 Å². The summed E-state index contributed by atoms with van der Waals surface area (Å²) in [6.07, 6.45) is -3.90. The zero-order chi connectivity index (χ0) is 10.3. The van der Waals surface area contributed by atoms with Gasteiger partial charge < -0.3 is 24.4 Å². The van der Waals surface area contributed by atoms with E-state index in [0.717, 1.165) is 0 Å². The van der Waals surface area contributed by atoms with Crippen molar-refractivity contribution in [2.24, 2.45) is 0 Å². The Hall–Kier alpha value is -0.690. The summed E-state index contributed by atoms with van der Waals surface area (Å²) in [7, 11) is 0. The minimum atomic E-state index is -1.28. The van der Waals surface area contributed by atoms with Crippen LogP contribution in [-0.4, -0.2) is 53.5 Å². The lowest BCUT2D eigenvalue weighted by molar-refractivity contribution is -0.276. The number of carbonyl (C=O) groups is 1. The Balaban J connectivity index is 2.16. The second-order valence-electron chi connectivity index (χ2n) is 3.37. The van der Waals surface area contributed by atoms with Crippen LogP contribution in [-0.2, 0) is 19.0 Å². The van der Waals surface area contributed by atoms with Gasteiger partial charge in [0.1, 0.15) is 12.2 Å². The molecule has 0 spiro atoms. The molecule has 2 aliphatic heterocycles. The van der Waals surface area contributed by atoms with E-state index < -0.39 is 36.7 Å². The van der Waals surface area contributed by atoms with Crippen molar-refractivity contribution in [1.82, 2.24) is 0 Å². The van der Waals surface area contributed by atoms with Gasteiger partial charge in [0, 0.05) is 0 Å². The minimum absolute atomic E-state index is 0.269. The first-order valence-corrected chi connectivity index (χ1v) is 4.44. The number of fused-ring (bicyclic) bond motifs is 1. The molecule has 6 heteroatoms. The van der Waals surface area contributed by atoms with Crippen molar-refractivity contribution in [2.45, 2.75) is 37.6 Å². The molecule has 0 aromatic heterocycles. The number of carbonyl (C=O) groups excluding carboxylic acids is 1. The first kappa shape index (κ1) is 9.85. The standard InChI is InChI=1S/C8H12O6/c1-3-12-4(2-9)6-7(13-3)5(10)8(11)14-6/h3-7,9-10H,2H2,1H3/t3?,4-,5-,6+,7+/m0/s1. The summed E-state index contributed by atoms with van der Waals surface area (Å²) in [4.78, 5) is 11.0.